The van der Waals surface area contributed by atoms with E-state index in [2.05, 4.69) is 39.7 Å². The van der Waals surface area contributed by atoms with Gasteiger partial charge in [0.2, 0.25) is 0 Å². The lowest BCUT2D eigenvalue weighted by Crippen LogP contribution is -2.41. The van der Waals surface area contributed by atoms with Crippen LogP contribution < -0.4 is 5.46 Å². The molecule has 0 amide bonds. The number of nitrogens with zero attached hydrogens (tertiary/aromatic N) is 2. The Morgan fingerprint density at radius 3 is 2.20 bits per heavy atom. The predicted molar refractivity (Wildman–Crippen MR) is 80.0 cm³/mol. The Kier molecular flexibility index (Phi) is 2.90. The number of hydrogen-bond acceptors (Lipinski definition) is 3. The molecule has 1 aromatic rings. The first kappa shape index (κ1) is 14.1. The summed E-state index contributed by atoms with van der Waals surface area (Å²) in [5.41, 5.74) is 2.21. The van der Waals surface area contributed by atoms with E-state index in [1.807, 2.05) is 17.9 Å². The van der Waals surface area contributed by atoms with E-state index in [-0.39, 0.29) is 18.3 Å². The molecule has 1 aliphatic heterocycles. The van der Waals surface area contributed by atoms with Gasteiger partial charge in [-0.25, -0.2) is 0 Å². The number of hydrogen-bond donors (Lipinski definition) is 0. The lowest BCUT2D eigenvalue weighted by molar-refractivity contribution is 0.00578. The van der Waals surface area contributed by atoms with E-state index < -0.39 is 0 Å². The second-order valence-electron chi connectivity index (χ2n) is 7.75. The average molecular weight is 276 g/mol. The molecule has 0 radical (unpaired) electrons. The highest BCUT2D eigenvalue weighted by Gasteiger charge is 2.53. The molecule has 5 heteroatoms. The highest BCUT2D eigenvalue weighted by atomic mass is 16.7. The molecule has 3 rings (SSSR count). The summed E-state index contributed by atoms with van der Waals surface area (Å²) >= 11 is 0. The maximum absolute atomic E-state index is 6.16. The molecule has 0 bridgehead atoms. The lowest BCUT2D eigenvalue weighted by atomic mass is 9.77. The lowest BCUT2D eigenvalue weighted by Gasteiger charge is -2.32. The zero-order chi connectivity index (χ0) is 14.8. The summed E-state index contributed by atoms with van der Waals surface area (Å²) in [6.07, 6.45) is 5.58. The summed E-state index contributed by atoms with van der Waals surface area (Å²) in [5.74, 6) is 0. The van der Waals surface area contributed by atoms with E-state index in [1.165, 1.54) is 18.5 Å². The maximum atomic E-state index is 6.16. The fourth-order valence-corrected chi connectivity index (χ4v) is 2.66. The first-order chi connectivity index (χ1) is 9.14. The Balaban J connectivity index is 1.88. The van der Waals surface area contributed by atoms with Crippen molar-refractivity contribution in [2.24, 2.45) is 12.5 Å². The van der Waals surface area contributed by atoms with Gasteiger partial charge < -0.3 is 9.31 Å². The molecule has 0 N–H and O–H groups in total. The van der Waals surface area contributed by atoms with Crippen molar-refractivity contribution in [2.75, 3.05) is 0 Å². The Morgan fingerprint density at radius 1 is 1.15 bits per heavy atom. The fraction of sp³-hybridized carbons (Fsp3) is 0.800. The van der Waals surface area contributed by atoms with Crippen LogP contribution in [0.1, 0.15) is 53.2 Å². The van der Waals surface area contributed by atoms with Gasteiger partial charge in [0.15, 0.2) is 0 Å². The van der Waals surface area contributed by atoms with Gasteiger partial charge in [-0.3, -0.25) is 4.68 Å². The van der Waals surface area contributed by atoms with E-state index in [4.69, 9.17) is 9.31 Å². The Labute approximate surface area is 122 Å². The minimum Gasteiger partial charge on any atom is -0.399 e. The quantitative estimate of drug-likeness (QED) is 0.793. The van der Waals surface area contributed by atoms with Crippen LogP contribution in [0.3, 0.4) is 0 Å². The van der Waals surface area contributed by atoms with Crippen molar-refractivity contribution in [3.05, 3.63) is 11.9 Å². The minimum absolute atomic E-state index is 0.297. The molecule has 1 saturated carbocycles. The van der Waals surface area contributed by atoms with Crippen LogP contribution in [0.15, 0.2) is 6.20 Å². The average Bonchev–Trinajstić information content (AvgIpc) is 2.86. The van der Waals surface area contributed by atoms with Crippen molar-refractivity contribution in [3.8, 4) is 0 Å². The number of rotatable bonds is 3. The smallest absolute Gasteiger partial charge is 0.399 e. The van der Waals surface area contributed by atoms with E-state index in [1.54, 1.807) is 0 Å². The molecular weight excluding hydrogens is 251 g/mol. The Hall–Kier alpha value is -0.805. The molecule has 20 heavy (non-hydrogen) atoms. The zero-order valence-electron chi connectivity index (χ0n) is 13.5. The molecule has 0 aromatic carbocycles. The highest BCUT2D eigenvalue weighted by Crippen LogP contribution is 2.47. The van der Waals surface area contributed by atoms with Crippen molar-refractivity contribution in [1.82, 2.24) is 9.78 Å². The molecule has 2 aliphatic rings. The molecule has 4 nitrogen and oxygen atoms in total. The van der Waals surface area contributed by atoms with Gasteiger partial charge in [-0.2, -0.15) is 5.10 Å². The SMILES string of the molecule is Cn1ncc(B2OC(C)(C)C(C)(C)O2)c1CC1(C)CC1. The fourth-order valence-electron chi connectivity index (χ4n) is 2.66. The summed E-state index contributed by atoms with van der Waals surface area (Å²) in [5, 5.41) is 4.43. The molecule has 1 saturated heterocycles. The molecule has 110 valence electrons. The van der Waals surface area contributed by atoms with E-state index >= 15 is 0 Å². The van der Waals surface area contributed by atoms with E-state index in [9.17, 15) is 0 Å². The summed E-state index contributed by atoms with van der Waals surface area (Å²) < 4.78 is 14.3. The number of aryl methyl sites for hydroxylation is 1. The standard InChI is InChI=1S/C15H25BN2O2/c1-13(2)14(3,4)20-16(19-13)11-10-17-18(6)12(11)9-15(5)7-8-15/h10H,7-9H2,1-6H3. The second kappa shape index (κ2) is 4.11. The van der Waals surface area contributed by atoms with Crippen LogP contribution in [0.2, 0.25) is 0 Å². The third-order valence-electron chi connectivity index (χ3n) is 5.30. The van der Waals surface area contributed by atoms with Crippen LogP contribution in [0, 0.1) is 5.41 Å². The van der Waals surface area contributed by atoms with Gasteiger partial charge in [0.05, 0.1) is 11.2 Å². The first-order valence-corrected chi connectivity index (χ1v) is 7.50. The monoisotopic (exact) mass is 276 g/mol. The van der Waals surface area contributed by atoms with Gasteiger partial charge in [-0.05, 0) is 52.4 Å². The maximum Gasteiger partial charge on any atom is 0.498 e. The topological polar surface area (TPSA) is 36.3 Å². The molecule has 2 heterocycles. The molecule has 1 aromatic heterocycles. The highest BCUT2D eigenvalue weighted by molar-refractivity contribution is 6.62. The van der Waals surface area contributed by atoms with Crippen molar-refractivity contribution in [3.63, 3.8) is 0 Å². The summed E-state index contributed by atoms with van der Waals surface area (Å²) in [7, 11) is 1.71. The van der Waals surface area contributed by atoms with Gasteiger partial charge in [-0.15, -0.1) is 0 Å². The van der Waals surface area contributed by atoms with Crippen molar-refractivity contribution >= 4 is 12.6 Å². The molecule has 2 fully saturated rings. The van der Waals surface area contributed by atoms with Crippen LogP contribution in [-0.4, -0.2) is 28.1 Å². The van der Waals surface area contributed by atoms with Crippen molar-refractivity contribution < 1.29 is 9.31 Å². The van der Waals surface area contributed by atoms with Gasteiger partial charge in [-0.1, -0.05) is 6.92 Å². The third-order valence-corrected chi connectivity index (χ3v) is 5.30. The molecular formula is C15H25BN2O2. The first-order valence-electron chi connectivity index (χ1n) is 7.50. The van der Waals surface area contributed by atoms with E-state index in [0.29, 0.717) is 5.41 Å². The second-order valence-corrected chi connectivity index (χ2v) is 7.75. The minimum atomic E-state index is -0.300. The Morgan fingerprint density at radius 2 is 1.70 bits per heavy atom. The van der Waals surface area contributed by atoms with Gasteiger partial charge in [0.25, 0.3) is 0 Å². The third kappa shape index (κ3) is 2.21. The van der Waals surface area contributed by atoms with Crippen LogP contribution in [0.25, 0.3) is 0 Å². The molecule has 0 unspecified atom stereocenters. The van der Waals surface area contributed by atoms with Crippen molar-refractivity contribution in [2.45, 2.75) is 65.1 Å². The number of aromatic nitrogens is 2. The van der Waals surface area contributed by atoms with Crippen molar-refractivity contribution in [1.29, 1.82) is 0 Å². The predicted octanol–water partition coefficient (Wildman–Crippen LogP) is 2.06. The van der Waals surface area contributed by atoms with Gasteiger partial charge >= 0.3 is 7.12 Å². The van der Waals surface area contributed by atoms with Crippen LogP contribution >= 0.6 is 0 Å². The van der Waals surface area contributed by atoms with Crippen LogP contribution in [0.5, 0.6) is 0 Å². The largest absolute Gasteiger partial charge is 0.498 e. The summed E-state index contributed by atoms with van der Waals surface area (Å²) in [6.45, 7) is 10.7. The molecule has 0 spiro atoms. The summed E-state index contributed by atoms with van der Waals surface area (Å²) in [4.78, 5) is 0. The zero-order valence-corrected chi connectivity index (χ0v) is 13.5. The van der Waals surface area contributed by atoms with Gasteiger partial charge in [0.1, 0.15) is 0 Å². The van der Waals surface area contributed by atoms with Crippen LogP contribution in [0.4, 0.5) is 0 Å². The summed E-state index contributed by atoms with van der Waals surface area (Å²) in [6, 6.07) is 0. The Bertz CT molecular complexity index is 516. The van der Waals surface area contributed by atoms with Gasteiger partial charge in [0, 0.05) is 24.4 Å². The normalized spacial score (nSPS) is 26.0. The molecule has 0 atom stereocenters. The van der Waals surface area contributed by atoms with Crippen LogP contribution in [-0.2, 0) is 22.8 Å². The van der Waals surface area contributed by atoms with E-state index in [0.717, 1.165) is 11.9 Å². The molecule has 1 aliphatic carbocycles.